The topological polar surface area (TPSA) is 69.4 Å². The summed E-state index contributed by atoms with van der Waals surface area (Å²) >= 11 is 0. The maximum Gasteiger partial charge on any atom is 0.282 e. The number of benzene rings is 1. The quantitative estimate of drug-likeness (QED) is 0.616. The van der Waals surface area contributed by atoms with E-state index in [4.69, 9.17) is 4.74 Å². The van der Waals surface area contributed by atoms with E-state index >= 15 is 0 Å². The molecule has 0 heterocycles. The molecule has 0 unspecified atom stereocenters. The third-order valence-electron chi connectivity index (χ3n) is 3.99. The zero-order valence-corrected chi connectivity index (χ0v) is 12.1. The van der Waals surface area contributed by atoms with Crippen molar-refractivity contribution in [3.8, 4) is 5.75 Å². The molecule has 0 amide bonds. The molecule has 0 aromatic heterocycles. The number of hydrogen-bond acceptors (Lipinski definition) is 4. The van der Waals surface area contributed by atoms with Gasteiger partial charge in [0.15, 0.2) is 0 Å². The minimum Gasteiger partial charge on any atom is -0.497 e. The van der Waals surface area contributed by atoms with Crippen molar-refractivity contribution in [2.75, 3.05) is 7.11 Å². The first-order valence-corrected chi connectivity index (χ1v) is 7.07. The summed E-state index contributed by atoms with van der Waals surface area (Å²) < 4.78 is 5.07. The maximum atomic E-state index is 12.0. The van der Waals surface area contributed by atoms with E-state index in [1.165, 1.54) is 0 Å². The number of nitro groups is 1. The number of rotatable bonds is 5. The zero-order valence-electron chi connectivity index (χ0n) is 12.1. The number of hydrogen-bond donors (Lipinski definition) is 0. The van der Waals surface area contributed by atoms with E-state index in [-0.39, 0.29) is 12.2 Å². The summed E-state index contributed by atoms with van der Waals surface area (Å²) in [5.41, 5.74) is -0.487. The molecule has 1 aromatic carbocycles. The minimum absolute atomic E-state index is 0.158. The van der Waals surface area contributed by atoms with E-state index in [1.54, 1.807) is 13.2 Å². The standard InChI is InChI=1S/C16H19NO4/c1-21-14-9-7-13(8-10-14)5-4-12-16(17(19)20)11-3-2-6-15(16)18/h4-5,7-10H,2-3,6,11-12H2,1H3/b5-4-/t16-/m0/s1. The van der Waals surface area contributed by atoms with Gasteiger partial charge in [-0.1, -0.05) is 24.3 Å². The second-order valence-corrected chi connectivity index (χ2v) is 5.30. The van der Waals surface area contributed by atoms with Crippen molar-refractivity contribution in [2.24, 2.45) is 0 Å². The Morgan fingerprint density at radius 3 is 2.62 bits per heavy atom. The molecule has 1 aliphatic carbocycles. The summed E-state index contributed by atoms with van der Waals surface area (Å²) in [5.74, 6) is 0.523. The molecular weight excluding hydrogens is 270 g/mol. The van der Waals surface area contributed by atoms with E-state index in [9.17, 15) is 14.9 Å². The van der Waals surface area contributed by atoms with Gasteiger partial charge in [-0.15, -0.1) is 0 Å². The number of ketones is 1. The van der Waals surface area contributed by atoms with Crippen LogP contribution in [-0.2, 0) is 4.79 Å². The molecular formula is C16H19NO4. The predicted octanol–water partition coefficient (Wildman–Crippen LogP) is 3.26. The van der Waals surface area contributed by atoms with Crippen molar-refractivity contribution < 1.29 is 14.5 Å². The van der Waals surface area contributed by atoms with Crippen LogP contribution in [0.5, 0.6) is 5.75 Å². The molecule has 0 aliphatic heterocycles. The lowest BCUT2D eigenvalue weighted by atomic mass is 9.78. The van der Waals surface area contributed by atoms with E-state index in [1.807, 2.05) is 30.3 Å². The third-order valence-corrected chi connectivity index (χ3v) is 3.99. The molecule has 0 radical (unpaired) electrons. The van der Waals surface area contributed by atoms with Crippen molar-refractivity contribution in [1.29, 1.82) is 0 Å². The molecule has 21 heavy (non-hydrogen) atoms. The van der Waals surface area contributed by atoms with Crippen LogP contribution in [0.25, 0.3) is 6.08 Å². The van der Waals surface area contributed by atoms with Gasteiger partial charge in [0.05, 0.1) is 7.11 Å². The van der Waals surface area contributed by atoms with Crippen LogP contribution in [0.15, 0.2) is 30.3 Å². The highest BCUT2D eigenvalue weighted by molar-refractivity contribution is 5.88. The molecule has 0 saturated heterocycles. The Morgan fingerprint density at radius 1 is 1.33 bits per heavy atom. The fourth-order valence-corrected chi connectivity index (χ4v) is 2.66. The summed E-state index contributed by atoms with van der Waals surface area (Å²) in [6.45, 7) is 0. The van der Waals surface area contributed by atoms with E-state index in [2.05, 4.69) is 0 Å². The molecule has 1 aromatic rings. The zero-order chi connectivity index (χ0) is 15.3. The van der Waals surface area contributed by atoms with Crippen molar-refractivity contribution >= 4 is 11.9 Å². The number of carbonyl (C=O) groups is 1. The van der Waals surface area contributed by atoms with Gasteiger partial charge in [-0.25, -0.2) is 0 Å². The third kappa shape index (κ3) is 3.29. The van der Waals surface area contributed by atoms with Crippen molar-refractivity contribution in [2.45, 2.75) is 37.6 Å². The molecule has 1 aliphatic rings. The molecule has 1 fully saturated rings. The van der Waals surface area contributed by atoms with E-state index in [0.29, 0.717) is 12.8 Å². The lowest BCUT2D eigenvalue weighted by Crippen LogP contribution is -2.48. The van der Waals surface area contributed by atoms with Gasteiger partial charge in [0.25, 0.3) is 5.54 Å². The first-order valence-electron chi connectivity index (χ1n) is 7.07. The van der Waals surface area contributed by atoms with E-state index < -0.39 is 10.5 Å². The Morgan fingerprint density at radius 2 is 2.05 bits per heavy atom. The molecule has 2 rings (SSSR count). The molecule has 0 N–H and O–H groups in total. The highest BCUT2D eigenvalue weighted by Gasteiger charge is 2.50. The maximum absolute atomic E-state index is 12.0. The van der Waals surface area contributed by atoms with Crippen LogP contribution in [0.3, 0.4) is 0 Å². The van der Waals surface area contributed by atoms with Crippen LogP contribution in [-0.4, -0.2) is 23.4 Å². The fourth-order valence-electron chi connectivity index (χ4n) is 2.66. The average molecular weight is 289 g/mol. The monoisotopic (exact) mass is 289 g/mol. The van der Waals surface area contributed by atoms with Crippen molar-refractivity contribution in [3.05, 3.63) is 46.0 Å². The molecule has 112 valence electrons. The number of ether oxygens (including phenoxy) is 1. The second kappa shape index (κ2) is 6.52. The van der Waals surface area contributed by atoms with Gasteiger partial charge in [0, 0.05) is 24.2 Å². The Kier molecular flexibility index (Phi) is 4.73. The summed E-state index contributed by atoms with van der Waals surface area (Å²) in [4.78, 5) is 22.9. The van der Waals surface area contributed by atoms with Crippen LogP contribution in [0.4, 0.5) is 0 Å². The Bertz CT molecular complexity index is 550. The second-order valence-electron chi connectivity index (χ2n) is 5.30. The highest BCUT2D eigenvalue weighted by atomic mass is 16.6. The molecule has 0 bridgehead atoms. The van der Waals surface area contributed by atoms with Crippen LogP contribution in [0, 0.1) is 10.1 Å². The molecule has 5 heteroatoms. The van der Waals surface area contributed by atoms with Gasteiger partial charge in [-0.3, -0.25) is 14.9 Å². The van der Waals surface area contributed by atoms with Gasteiger partial charge in [-0.2, -0.15) is 0 Å². The highest BCUT2D eigenvalue weighted by Crippen LogP contribution is 2.31. The van der Waals surface area contributed by atoms with Gasteiger partial charge < -0.3 is 4.74 Å². The van der Waals surface area contributed by atoms with Crippen LogP contribution >= 0.6 is 0 Å². The minimum atomic E-state index is -1.42. The summed E-state index contributed by atoms with van der Waals surface area (Å²) in [6.07, 6.45) is 5.86. The van der Waals surface area contributed by atoms with Crippen molar-refractivity contribution in [1.82, 2.24) is 0 Å². The Hall–Kier alpha value is -2.17. The number of Topliss-reactive ketones (excluding diaryl/α,β-unsaturated/α-hetero) is 1. The molecule has 1 atom stereocenters. The van der Waals surface area contributed by atoms with Gasteiger partial charge in [0.1, 0.15) is 5.75 Å². The van der Waals surface area contributed by atoms with Crippen LogP contribution in [0.2, 0.25) is 0 Å². The Balaban J connectivity index is 2.09. The smallest absolute Gasteiger partial charge is 0.282 e. The van der Waals surface area contributed by atoms with Crippen LogP contribution < -0.4 is 4.74 Å². The number of methoxy groups -OCH3 is 1. The number of nitrogens with zero attached hydrogens (tertiary/aromatic N) is 1. The van der Waals surface area contributed by atoms with E-state index in [0.717, 1.165) is 24.2 Å². The number of carbonyl (C=O) groups excluding carboxylic acids is 1. The summed E-state index contributed by atoms with van der Waals surface area (Å²) in [5, 5.41) is 11.3. The first-order chi connectivity index (χ1) is 10.1. The SMILES string of the molecule is COc1ccc(/C=C\C[C@@]2([N+](=O)[O-])CCCCC2=O)cc1. The molecule has 1 saturated carbocycles. The predicted molar refractivity (Wildman–Crippen MR) is 79.8 cm³/mol. The van der Waals surface area contributed by atoms with Gasteiger partial charge in [0.2, 0.25) is 5.78 Å². The average Bonchev–Trinajstić information content (AvgIpc) is 2.50. The lowest BCUT2D eigenvalue weighted by Gasteiger charge is -2.26. The van der Waals surface area contributed by atoms with Crippen molar-refractivity contribution in [3.63, 3.8) is 0 Å². The molecule has 0 spiro atoms. The lowest BCUT2D eigenvalue weighted by molar-refractivity contribution is -0.553. The summed E-state index contributed by atoms with van der Waals surface area (Å²) in [7, 11) is 1.60. The summed E-state index contributed by atoms with van der Waals surface area (Å²) in [6, 6.07) is 7.40. The fraction of sp³-hybridized carbons (Fsp3) is 0.438. The Labute approximate surface area is 123 Å². The first kappa shape index (κ1) is 15.2. The van der Waals surface area contributed by atoms with Gasteiger partial charge >= 0.3 is 0 Å². The van der Waals surface area contributed by atoms with Crippen LogP contribution in [0.1, 0.15) is 37.7 Å². The normalized spacial score (nSPS) is 22.4. The largest absolute Gasteiger partial charge is 0.497 e. The van der Waals surface area contributed by atoms with Gasteiger partial charge in [-0.05, 0) is 30.5 Å². The molecule has 5 nitrogen and oxygen atoms in total.